The van der Waals surface area contributed by atoms with Gasteiger partial charge in [-0.25, -0.2) is 19.8 Å². The third-order valence-electron chi connectivity index (χ3n) is 8.96. The lowest BCUT2D eigenvalue weighted by molar-refractivity contribution is 0.0377. The molecule has 0 amide bonds. The molecule has 11 nitrogen and oxygen atoms in total. The highest BCUT2D eigenvalue weighted by molar-refractivity contribution is 5.89. The molecule has 1 N–H and O–H groups in total. The van der Waals surface area contributed by atoms with Crippen LogP contribution in [0.2, 0.25) is 0 Å². The summed E-state index contributed by atoms with van der Waals surface area (Å²) < 4.78 is 11.2. The monoisotopic (exact) mass is 615 g/mol. The second kappa shape index (κ2) is 14.0. The maximum Gasteiger partial charge on any atom is 0.338 e. The molecule has 240 valence electrons. The quantitative estimate of drug-likeness (QED) is 0.333. The van der Waals surface area contributed by atoms with Gasteiger partial charge in [0.05, 0.1) is 37.1 Å². The predicted octanol–water partition coefficient (Wildman–Crippen LogP) is 4.89. The molecule has 0 unspecified atom stereocenters. The van der Waals surface area contributed by atoms with Gasteiger partial charge in [-0.3, -0.25) is 9.74 Å². The first-order valence-corrected chi connectivity index (χ1v) is 16.1. The minimum Gasteiger partial charge on any atom is -0.494 e. The van der Waals surface area contributed by atoms with Gasteiger partial charge in [0, 0.05) is 69.6 Å². The highest BCUT2D eigenvalue weighted by atomic mass is 16.7. The normalized spacial score (nSPS) is 20.1. The number of hydroxylamine groups is 1. The van der Waals surface area contributed by atoms with E-state index in [1.165, 1.54) is 37.9 Å². The van der Waals surface area contributed by atoms with Crippen molar-refractivity contribution in [2.75, 3.05) is 75.3 Å². The number of rotatable bonds is 9. The third kappa shape index (κ3) is 7.32. The number of benzene rings is 2. The van der Waals surface area contributed by atoms with Crippen LogP contribution in [-0.4, -0.2) is 97.9 Å². The predicted molar refractivity (Wildman–Crippen MR) is 175 cm³/mol. The molecule has 6 rings (SSSR count). The minimum absolute atomic E-state index is 0.103. The van der Waals surface area contributed by atoms with E-state index < -0.39 is 0 Å². The smallest absolute Gasteiger partial charge is 0.338 e. The van der Waals surface area contributed by atoms with E-state index in [0.717, 1.165) is 49.6 Å². The molecule has 3 fully saturated rings. The van der Waals surface area contributed by atoms with Crippen LogP contribution in [0.3, 0.4) is 0 Å². The summed E-state index contributed by atoms with van der Waals surface area (Å²) in [7, 11) is 3.91. The van der Waals surface area contributed by atoms with E-state index >= 15 is 0 Å². The number of nitrogens with zero attached hydrogens (tertiary/aromatic N) is 6. The Hall–Kier alpha value is -3.93. The fourth-order valence-corrected chi connectivity index (χ4v) is 6.48. The van der Waals surface area contributed by atoms with Gasteiger partial charge in [-0.15, -0.1) is 0 Å². The Morgan fingerprint density at radius 1 is 0.978 bits per heavy atom. The SMILES string of the molecule is COc1cc(N2CCC(N3CCN(C)CC3)CC2)ccc1Nc1cc(N2OCC[C@@H]2c2cccc(C(=O)OC(C)C)c2)ncn1. The zero-order chi connectivity index (χ0) is 31.3. The number of piperidine rings is 1. The number of aromatic nitrogens is 2. The van der Waals surface area contributed by atoms with Gasteiger partial charge < -0.3 is 24.6 Å². The van der Waals surface area contributed by atoms with Gasteiger partial charge in [-0.05, 0) is 63.6 Å². The molecular weight excluding hydrogens is 570 g/mol. The number of methoxy groups -OCH3 is 1. The topological polar surface area (TPSA) is 95.5 Å². The van der Waals surface area contributed by atoms with Crippen molar-refractivity contribution in [1.29, 1.82) is 0 Å². The minimum atomic E-state index is -0.332. The lowest BCUT2D eigenvalue weighted by atomic mass is 10.0. The van der Waals surface area contributed by atoms with Crippen molar-refractivity contribution >= 4 is 29.0 Å². The Labute approximate surface area is 266 Å². The Balaban J connectivity index is 1.12. The fourth-order valence-electron chi connectivity index (χ4n) is 6.48. The molecule has 0 saturated carbocycles. The third-order valence-corrected chi connectivity index (χ3v) is 8.96. The van der Waals surface area contributed by atoms with E-state index in [1.807, 2.05) is 38.1 Å². The molecule has 3 aliphatic rings. The van der Waals surface area contributed by atoms with Crippen molar-refractivity contribution in [3.05, 3.63) is 66.0 Å². The van der Waals surface area contributed by atoms with Gasteiger partial charge >= 0.3 is 5.97 Å². The highest BCUT2D eigenvalue weighted by Gasteiger charge is 2.30. The van der Waals surface area contributed by atoms with Gasteiger partial charge in [0.1, 0.15) is 17.9 Å². The largest absolute Gasteiger partial charge is 0.494 e. The van der Waals surface area contributed by atoms with E-state index in [0.29, 0.717) is 29.8 Å². The van der Waals surface area contributed by atoms with Crippen LogP contribution in [0.4, 0.5) is 23.0 Å². The molecule has 4 heterocycles. The Morgan fingerprint density at radius 2 is 1.78 bits per heavy atom. The summed E-state index contributed by atoms with van der Waals surface area (Å²) in [5.41, 5.74) is 3.48. The van der Waals surface area contributed by atoms with Crippen molar-refractivity contribution < 1.29 is 19.1 Å². The van der Waals surface area contributed by atoms with Crippen molar-refractivity contribution in [3.63, 3.8) is 0 Å². The van der Waals surface area contributed by atoms with Crippen LogP contribution in [0, 0.1) is 0 Å². The van der Waals surface area contributed by atoms with Crippen LogP contribution in [-0.2, 0) is 9.57 Å². The Morgan fingerprint density at radius 3 is 2.53 bits per heavy atom. The molecule has 3 aliphatic heterocycles. The summed E-state index contributed by atoms with van der Waals surface area (Å²) in [5, 5.41) is 5.22. The van der Waals surface area contributed by atoms with Crippen LogP contribution in [0.15, 0.2) is 54.9 Å². The van der Waals surface area contributed by atoms with Crippen molar-refractivity contribution in [3.8, 4) is 5.75 Å². The number of carbonyl (C=O) groups is 1. The standard InChI is InChI=1S/C34H45N7O4/c1-24(2)45-34(42)26-7-5-6-25(20-26)30-12-19-44-41(30)33-22-32(35-23-36-33)37-29-9-8-28(21-31(29)43-4)39-13-10-27(11-14-39)40-17-15-38(3)16-18-40/h5-9,20-24,27,30H,10-19H2,1-4H3,(H,35,36,37)/t30-/m1/s1. The van der Waals surface area contributed by atoms with E-state index in [1.54, 1.807) is 18.2 Å². The van der Waals surface area contributed by atoms with Gasteiger partial charge in [0.25, 0.3) is 0 Å². The Bertz CT molecular complexity index is 1450. The first-order chi connectivity index (χ1) is 21.9. The molecule has 0 aliphatic carbocycles. The second-order valence-electron chi connectivity index (χ2n) is 12.4. The van der Waals surface area contributed by atoms with Crippen LogP contribution in [0.25, 0.3) is 0 Å². The van der Waals surface area contributed by atoms with Crippen LogP contribution >= 0.6 is 0 Å². The molecule has 2 aromatic carbocycles. The van der Waals surface area contributed by atoms with E-state index in [9.17, 15) is 4.79 Å². The molecule has 1 aromatic heterocycles. The number of nitrogens with one attached hydrogen (secondary N) is 1. The molecule has 45 heavy (non-hydrogen) atoms. The molecule has 0 radical (unpaired) electrons. The Kier molecular flexibility index (Phi) is 9.67. The van der Waals surface area contributed by atoms with Crippen molar-refractivity contribution in [1.82, 2.24) is 19.8 Å². The summed E-state index contributed by atoms with van der Waals surface area (Å²) in [6, 6.07) is 16.3. The van der Waals surface area contributed by atoms with Gasteiger partial charge in [-0.2, -0.15) is 0 Å². The summed E-state index contributed by atoms with van der Waals surface area (Å²) in [6.45, 7) is 11.0. The summed E-state index contributed by atoms with van der Waals surface area (Å²) in [4.78, 5) is 35.1. The zero-order valence-electron chi connectivity index (χ0n) is 26.8. The van der Waals surface area contributed by atoms with Crippen molar-refractivity contribution in [2.45, 2.75) is 51.3 Å². The average Bonchev–Trinajstić information content (AvgIpc) is 3.56. The van der Waals surface area contributed by atoms with Crippen LogP contribution in [0.5, 0.6) is 5.75 Å². The van der Waals surface area contributed by atoms with Crippen molar-refractivity contribution in [2.24, 2.45) is 0 Å². The number of anilines is 4. The number of hydrogen-bond acceptors (Lipinski definition) is 11. The lowest BCUT2D eigenvalue weighted by Crippen LogP contribution is -2.52. The first kappa shape index (κ1) is 31.1. The molecular formula is C34H45N7O4. The molecule has 1 atom stereocenters. The second-order valence-corrected chi connectivity index (χ2v) is 12.4. The number of ether oxygens (including phenoxy) is 2. The lowest BCUT2D eigenvalue weighted by Gasteiger charge is -2.42. The van der Waals surface area contributed by atoms with Gasteiger partial charge in [0.15, 0.2) is 5.82 Å². The zero-order valence-corrected chi connectivity index (χ0v) is 26.8. The van der Waals surface area contributed by atoms with Crippen LogP contribution < -0.4 is 20.0 Å². The summed E-state index contributed by atoms with van der Waals surface area (Å²) >= 11 is 0. The number of likely N-dealkylation sites (N-methyl/N-ethyl adjacent to an activating group) is 1. The highest BCUT2D eigenvalue weighted by Crippen LogP contribution is 2.37. The fraction of sp³-hybridized carbons (Fsp3) is 0.500. The molecule has 11 heteroatoms. The van der Waals surface area contributed by atoms with E-state index in [4.69, 9.17) is 14.3 Å². The molecule has 3 aromatic rings. The maximum absolute atomic E-state index is 12.5. The first-order valence-electron chi connectivity index (χ1n) is 16.1. The maximum atomic E-state index is 12.5. The summed E-state index contributed by atoms with van der Waals surface area (Å²) in [6.07, 6.45) is 4.47. The number of carbonyl (C=O) groups excluding carboxylic acids is 1. The molecule has 0 spiro atoms. The average molecular weight is 616 g/mol. The number of piperazine rings is 1. The van der Waals surface area contributed by atoms with Gasteiger partial charge in [0.2, 0.25) is 0 Å². The number of hydrogen-bond donors (Lipinski definition) is 1. The van der Waals surface area contributed by atoms with E-state index in [2.05, 4.69) is 55.2 Å². The number of esters is 1. The summed E-state index contributed by atoms with van der Waals surface area (Å²) in [5.74, 6) is 1.68. The molecule has 3 saturated heterocycles. The molecule has 0 bridgehead atoms. The van der Waals surface area contributed by atoms with E-state index in [-0.39, 0.29) is 18.1 Å². The van der Waals surface area contributed by atoms with Crippen LogP contribution in [0.1, 0.15) is 55.1 Å². The van der Waals surface area contributed by atoms with Gasteiger partial charge in [-0.1, -0.05) is 12.1 Å².